The number of sulfonamides is 1. The number of nitrogens with one attached hydrogen (secondary N) is 1. The number of carbonyl (C=O) groups is 1. The topological polar surface area (TPSA) is 86.7 Å². The van der Waals surface area contributed by atoms with Crippen molar-refractivity contribution in [1.29, 1.82) is 0 Å². The van der Waals surface area contributed by atoms with Gasteiger partial charge in [-0.1, -0.05) is 42.5 Å². The summed E-state index contributed by atoms with van der Waals surface area (Å²) in [5.74, 6) is -0.659. The molecule has 29 heavy (non-hydrogen) atoms. The number of phenolic OH excluding ortho intramolecular Hbond substituents is 1. The van der Waals surface area contributed by atoms with Gasteiger partial charge >= 0.3 is 0 Å². The Kier molecular flexibility index (Phi) is 6.00. The smallest absolute Gasteiger partial charge is 0.259 e. The summed E-state index contributed by atoms with van der Waals surface area (Å²) in [6.45, 7) is 0. The molecule has 0 aliphatic heterocycles. The fourth-order valence-corrected chi connectivity index (χ4v) is 3.80. The minimum absolute atomic E-state index is 0.0716. The standard InChI is InChI=1S/C22H22N2O4S/c1-24(2)29(27,28)19-10-6-9-18(15-19)23-22(26)20-14-17(11-12-21(20)25)13-16-7-4-3-5-8-16/h3-12,14-15,25H,13H2,1-2H3,(H,23,26). The Morgan fingerprint density at radius 1 is 0.931 bits per heavy atom. The van der Waals surface area contributed by atoms with Gasteiger partial charge in [0.1, 0.15) is 5.75 Å². The number of hydrogen-bond donors (Lipinski definition) is 2. The van der Waals surface area contributed by atoms with Crippen molar-refractivity contribution in [2.24, 2.45) is 0 Å². The van der Waals surface area contributed by atoms with Crippen LogP contribution in [0, 0.1) is 0 Å². The molecule has 0 unspecified atom stereocenters. The van der Waals surface area contributed by atoms with Crippen LogP contribution in [-0.4, -0.2) is 37.8 Å². The van der Waals surface area contributed by atoms with E-state index in [-0.39, 0.29) is 16.2 Å². The summed E-state index contributed by atoms with van der Waals surface area (Å²) >= 11 is 0. The second-order valence-corrected chi connectivity index (χ2v) is 8.94. The maximum atomic E-state index is 12.7. The SMILES string of the molecule is CN(C)S(=O)(=O)c1cccc(NC(=O)c2cc(Cc3ccccc3)ccc2O)c1. The van der Waals surface area contributed by atoms with Gasteiger partial charge in [-0.15, -0.1) is 0 Å². The Bertz CT molecular complexity index is 1130. The second-order valence-electron chi connectivity index (χ2n) is 6.78. The molecule has 3 aromatic carbocycles. The molecule has 0 heterocycles. The van der Waals surface area contributed by atoms with E-state index < -0.39 is 15.9 Å². The van der Waals surface area contributed by atoms with Crippen LogP contribution in [0.4, 0.5) is 5.69 Å². The lowest BCUT2D eigenvalue weighted by atomic mass is 10.0. The largest absolute Gasteiger partial charge is 0.507 e. The number of carbonyl (C=O) groups excluding carboxylic acids is 1. The third-order valence-electron chi connectivity index (χ3n) is 4.43. The lowest BCUT2D eigenvalue weighted by Gasteiger charge is -2.13. The van der Waals surface area contributed by atoms with E-state index in [2.05, 4.69) is 5.32 Å². The highest BCUT2D eigenvalue weighted by atomic mass is 32.2. The van der Waals surface area contributed by atoms with Crippen LogP contribution in [0.2, 0.25) is 0 Å². The lowest BCUT2D eigenvalue weighted by molar-refractivity contribution is 0.102. The highest BCUT2D eigenvalue weighted by Crippen LogP contribution is 2.23. The summed E-state index contributed by atoms with van der Waals surface area (Å²) in [7, 11) is -0.734. The molecule has 0 spiro atoms. The van der Waals surface area contributed by atoms with Crippen LogP contribution in [-0.2, 0) is 16.4 Å². The Morgan fingerprint density at radius 2 is 1.66 bits per heavy atom. The molecule has 0 saturated carbocycles. The molecule has 3 aromatic rings. The molecule has 6 nitrogen and oxygen atoms in total. The van der Waals surface area contributed by atoms with Crippen molar-refractivity contribution in [2.45, 2.75) is 11.3 Å². The Labute approximate surface area is 170 Å². The van der Waals surface area contributed by atoms with Gasteiger partial charge in [0.05, 0.1) is 10.5 Å². The average Bonchev–Trinajstić information content (AvgIpc) is 2.70. The molecular formula is C22H22N2O4S. The van der Waals surface area contributed by atoms with Gasteiger partial charge < -0.3 is 10.4 Å². The van der Waals surface area contributed by atoms with Gasteiger partial charge in [-0.05, 0) is 47.9 Å². The minimum atomic E-state index is -3.62. The van der Waals surface area contributed by atoms with E-state index in [9.17, 15) is 18.3 Å². The van der Waals surface area contributed by atoms with Crippen LogP contribution >= 0.6 is 0 Å². The highest BCUT2D eigenvalue weighted by Gasteiger charge is 2.18. The number of rotatable bonds is 6. The quantitative estimate of drug-likeness (QED) is 0.651. The van der Waals surface area contributed by atoms with E-state index in [4.69, 9.17) is 0 Å². The van der Waals surface area contributed by atoms with Crippen LogP contribution < -0.4 is 5.32 Å². The maximum absolute atomic E-state index is 12.7. The van der Waals surface area contributed by atoms with Crippen molar-refractivity contribution in [1.82, 2.24) is 4.31 Å². The number of benzene rings is 3. The van der Waals surface area contributed by atoms with E-state index in [0.29, 0.717) is 12.1 Å². The fourth-order valence-electron chi connectivity index (χ4n) is 2.85. The van der Waals surface area contributed by atoms with Crippen molar-refractivity contribution in [3.63, 3.8) is 0 Å². The first-order chi connectivity index (χ1) is 13.8. The third-order valence-corrected chi connectivity index (χ3v) is 6.24. The van der Waals surface area contributed by atoms with Crippen LogP contribution in [0.15, 0.2) is 77.7 Å². The normalized spacial score (nSPS) is 11.4. The van der Waals surface area contributed by atoms with E-state index in [1.165, 1.54) is 32.3 Å². The molecule has 150 valence electrons. The third kappa shape index (κ3) is 4.82. The fraction of sp³-hybridized carbons (Fsp3) is 0.136. The summed E-state index contributed by atoms with van der Waals surface area (Å²) < 4.78 is 25.7. The van der Waals surface area contributed by atoms with Crippen molar-refractivity contribution in [3.8, 4) is 5.75 Å². The monoisotopic (exact) mass is 410 g/mol. The van der Waals surface area contributed by atoms with Crippen LogP contribution in [0.5, 0.6) is 5.75 Å². The number of hydrogen-bond acceptors (Lipinski definition) is 4. The van der Waals surface area contributed by atoms with Crippen LogP contribution in [0.25, 0.3) is 0 Å². The van der Waals surface area contributed by atoms with E-state index >= 15 is 0 Å². The van der Waals surface area contributed by atoms with Gasteiger partial charge in [-0.25, -0.2) is 12.7 Å². The van der Waals surface area contributed by atoms with Gasteiger partial charge in [-0.2, -0.15) is 0 Å². The second kappa shape index (κ2) is 8.46. The molecule has 3 rings (SSSR count). The van der Waals surface area contributed by atoms with Crippen molar-refractivity contribution in [2.75, 3.05) is 19.4 Å². The van der Waals surface area contributed by atoms with Gasteiger partial charge in [-0.3, -0.25) is 4.79 Å². The van der Waals surface area contributed by atoms with Gasteiger partial charge in [0.2, 0.25) is 10.0 Å². The van der Waals surface area contributed by atoms with Gasteiger partial charge in [0.25, 0.3) is 5.91 Å². The molecule has 0 atom stereocenters. The first kappa shape index (κ1) is 20.6. The number of phenols is 1. The zero-order chi connectivity index (χ0) is 21.0. The summed E-state index contributed by atoms with van der Waals surface area (Å²) in [6, 6.07) is 20.7. The summed E-state index contributed by atoms with van der Waals surface area (Å²) in [4.78, 5) is 12.8. The lowest BCUT2D eigenvalue weighted by Crippen LogP contribution is -2.22. The van der Waals surface area contributed by atoms with E-state index in [1.54, 1.807) is 24.3 Å². The van der Waals surface area contributed by atoms with Gasteiger partial charge in [0, 0.05) is 19.8 Å². The highest BCUT2D eigenvalue weighted by molar-refractivity contribution is 7.89. The van der Waals surface area contributed by atoms with E-state index in [1.807, 2.05) is 30.3 Å². The molecular weight excluding hydrogens is 388 g/mol. The molecule has 0 aliphatic rings. The predicted octanol–water partition coefficient (Wildman–Crippen LogP) is 3.49. The van der Waals surface area contributed by atoms with Crippen molar-refractivity contribution >= 4 is 21.6 Å². The van der Waals surface area contributed by atoms with E-state index in [0.717, 1.165) is 15.4 Å². The molecule has 0 bridgehead atoms. The molecule has 7 heteroatoms. The molecule has 2 N–H and O–H groups in total. The average molecular weight is 410 g/mol. The number of aromatic hydroxyl groups is 1. The Balaban J connectivity index is 1.83. The van der Waals surface area contributed by atoms with Crippen molar-refractivity contribution < 1.29 is 18.3 Å². The zero-order valence-electron chi connectivity index (χ0n) is 16.2. The molecule has 0 aromatic heterocycles. The molecule has 0 aliphatic carbocycles. The predicted molar refractivity (Wildman–Crippen MR) is 113 cm³/mol. The van der Waals surface area contributed by atoms with Crippen molar-refractivity contribution in [3.05, 3.63) is 89.5 Å². The first-order valence-corrected chi connectivity index (χ1v) is 10.4. The Morgan fingerprint density at radius 3 is 2.34 bits per heavy atom. The minimum Gasteiger partial charge on any atom is -0.507 e. The van der Waals surface area contributed by atoms with Crippen LogP contribution in [0.3, 0.4) is 0 Å². The molecule has 0 saturated heterocycles. The maximum Gasteiger partial charge on any atom is 0.259 e. The number of anilines is 1. The zero-order valence-corrected chi connectivity index (χ0v) is 17.0. The number of nitrogens with zero attached hydrogens (tertiary/aromatic N) is 1. The van der Waals surface area contributed by atoms with Crippen LogP contribution in [0.1, 0.15) is 21.5 Å². The summed E-state index contributed by atoms with van der Waals surface area (Å²) in [5, 5.41) is 12.8. The molecule has 0 radical (unpaired) electrons. The number of amides is 1. The molecule has 0 fully saturated rings. The van der Waals surface area contributed by atoms with Gasteiger partial charge in [0.15, 0.2) is 0 Å². The summed E-state index contributed by atoms with van der Waals surface area (Å²) in [6.07, 6.45) is 0.623. The molecule has 1 amide bonds. The summed E-state index contributed by atoms with van der Waals surface area (Å²) in [5.41, 5.74) is 2.42. The first-order valence-electron chi connectivity index (χ1n) is 8.97. The Hall–Kier alpha value is -3.16.